The van der Waals surface area contributed by atoms with Crippen LogP contribution in [-0.4, -0.2) is 41.1 Å². The Morgan fingerprint density at radius 3 is 2.21 bits per heavy atom. The molecule has 4 rings (SSSR count). The third kappa shape index (κ3) is 3.06. The molecule has 24 heavy (non-hydrogen) atoms. The Kier molecular flexibility index (Phi) is 4.52. The smallest absolute Gasteiger partial charge is 0.217 e. The molecule has 0 radical (unpaired) electrons. The molecule has 2 bridgehead atoms. The summed E-state index contributed by atoms with van der Waals surface area (Å²) >= 11 is 0. The molecule has 0 N–H and O–H groups in total. The van der Waals surface area contributed by atoms with E-state index >= 15 is 0 Å². The summed E-state index contributed by atoms with van der Waals surface area (Å²) in [5, 5.41) is -0.146. The molecule has 2 aliphatic heterocycles. The van der Waals surface area contributed by atoms with Gasteiger partial charge in [-0.05, 0) is 37.8 Å². The maximum absolute atomic E-state index is 13.1. The number of hydrogen-bond donors (Lipinski definition) is 0. The Hall–Kier alpha value is -1.14. The van der Waals surface area contributed by atoms with Crippen molar-refractivity contribution in [2.24, 2.45) is 0 Å². The number of rotatable bonds is 4. The second-order valence-electron chi connectivity index (χ2n) is 7.41. The zero-order valence-corrected chi connectivity index (χ0v) is 14.8. The zero-order chi connectivity index (χ0) is 16.6. The molecule has 0 amide bonds. The number of piperidine rings is 1. The van der Waals surface area contributed by atoms with E-state index in [1.165, 1.54) is 6.42 Å². The molecule has 0 aromatic carbocycles. The molecule has 2 unspecified atom stereocenters. The van der Waals surface area contributed by atoms with E-state index in [2.05, 4.69) is 4.98 Å². The predicted octanol–water partition coefficient (Wildman–Crippen LogP) is 3.12. The van der Waals surface area contributed by atoms with Crippen molar-refractivity contribution in [1.29, 1.82) is 0 Å². The summed E-state index contributed by atoms with van der Waals surface area (Å²) in [6, 6.07) is 3.99. The van der Waals surface area contributed by atoms with E-state index in [0.717, 1.165) is 57.1 Å². The summed E-state index contributed by atoms with van der Waals surface area (Å²) in [5.74, 6) is 0.831. The Labute approximate surface area is 144 Å². The van der Waals surface area contributed by atoms with E-state index < -0.39 is 10.0 Å². The van der Waals surface area contributed by atoms with Gasteiger partial charge in [-0.15, -0.1) is 0 Å². The Balaban J connectivity index is 1.47. The summed E-state index contributed by atoms with van der Waals surface area (Å²) < 4.78 is 34.3. The highest BCUT2D eigenvalue weighted by atomic mass is 32.2. The maximum Gasteiger partial charge on any atom is 0.217 e. The van der Waals surface area contributed by atoms with Gasteiger partial charge < -0.3 is 4.74 Å². The van der Waals surface area contributed by atoms with Gasteiger partial charge in [0.05, 0.1) is 5.25 Å². The molecular weight excluding hydrogens is 324 g/mol. The highest BCUT2D eigenvalue weighted by Gasteiger charge is 2.49. The van der Waals surface area contributed by atoms with Crippen LogP contribution in [0.15, 0.2) is 24.5 Å². The van der Waals surface area contributed by atoms with Crippen LogP contribution in [0.3, 0.4) is 0 Å². The van der Waals surface area contributed by atoms with E-state index in [-0.39, 0.29) is 23.4 Å². The lowest BCUT2D eigenvalue weighted by Gasteiger charge is -2.40. The number of sulfonamides is 1. The van der Waals surface area contributed by atoms with Gasteiger partial charge in [0.25, 0.3) is 0 Å². The van der Waals surface area contributed by atoms with Crippen LogP contribution in [0.2, 0.25) is 0 Å². The molecule has 3 aliphatic rings. The monoisotopic (exact) mass is 350 g/mol. The highest BCUT2D eigenvalue weighted by Crippen LogP contribution is 2.41. The van der Waals surface area contributed by atoms with Crippen molar-refractivity contribution in [3.05, 3.63) is 24.5 Å². The Bertz CT molecular complexity index is 644. The summed E-state index contributed by atoms with van der Waals surface area (Å²) in [7, 11) is -3.15. The lowest BCUT2D eigenvalue weighted by atomic mass is 10.0. The number of hydrogen-bond acceptors (Lipinski definition) is 4. The Morgan fingerprint density at radius 1 is 0.958 bits per heavy atom. The minimum Gasteiger partial charge on any atom is -0.490 e. The van der Waals surface area contributed by atoms with Crippen molar-refractivity contribution >= 4 is 10.0 Å². The molecule has 132 valence electrons. The Morgan fingerprint density at radius 2 is 1.58 bits per heavy atom. The normalized spacial score (nSPS) is 31.9. The molecule has 3 fully saturated rings. The fourth-order valence-corrected chi connectivity index (χ4v) is 7.23. The minimum atomic E-state index is -3.15. The molecule has 2 atom stereocenters. The van der Waals surface area contributed by atoms with Crippen LogP contribution in [-0.2, 0) is 10.0 Å². The topological polar surface area (TPSA) is 59.5 Å². The molecule has 3 heterocycles. The first-order valence-corrected chi connectivity index (χ1v) is 10.7. The van der Waals surface area contributed by atoms with Crippen LogP contribution in [0.25, 0.3) is 0 Å². The first kappa shape index (κ1) is 16.3. The molecule has 1 aliphatic carbocycles. The van der Waals surface area contributed by atoms with E-state index in [1.807, 2.05) is 16.4 Å². The predicted molar refractivity (Wildman–Crippen MR) is 92.3 cm³/mol. The molecule has 1 saturated carbocycles. The van der Waals surface area contributed by atoms with Crippen LogP contribution in [0.4, 0.5) is 0 Å². The van der Waals surface area contributed by atoms with Gasteiger partial charge in [0.15, 0.2) is 0 Å². The zero-order valence-electron chi connectivity index (χ0n) is 14.0. The van der Waals surface area contributed by atoms with Crippen molar-refractivity contribution in [2.75, 3.05) is 0 Å². The van der Waals surface area contributed by atoms with Crippen molar-refractivity contribution in [2.45, 2.75) is 81.2 Å². The SMILES string of the molecule is O=S(=O)(C1CCCCC1)N1C2CCC1CC(Oc1ccncc1)C2. The van der Waals surface area contributed by atoms with Gasteiger partial charge in [-0.1, -0.05) is 19.3 Å². The van der Waals surface area contributed by atoms with Gasteiger partial charge in [-0.3, -0.25) is 4.98 Å². The third-order valence-electron chi connectivity index (χ3n) is 5.84. The molecule has 2 saturated heterocycles. The molecule has 6 heteroatoms. The lowest BCUT2D eigenvalue weighted by Crippen LogP contribution is -2.52. The van der Waals surface area contributed by atoms with Crippen molar-refractivity contribution in [1.82, 2.24) is 9.29 Å². The van der Waals surface area contributed by atoms with Crippen LogP contribution >= 0.6 is 0 Å². The molecule has 0 spiro atoms. The fourth-order valence-electron chi connectivity index (χ4n) is 4.74. The average Bonchev–Trinajstić information content (AvgIpc) is 2.89. The van der Waals surface area contributed by atoms with Crippen molar-refractivity contribution in [3.8, 4) is 5.75 Å². The largest absolute Gasteiger partial charge is 0.490 e. The summed E-state index contributed by atoms with van der Waals surface area (Å²) in [4.78, 5) is 4.01. The second-order valence-corrected chi connectivity index (χ2v) is 9.53. The summed E-state index contributed by atoms with van der Waals surface area (Å²) in [5.41, 5.74) is 0. The first-order chi connectivity index (χ1) is 11.6. The van der Waals surface area contributed by atoms with Gasteiger partial charge in [0, 0.05) is 37.3 Å². The number of pyridine rings is 1. The van der Waals surface area contributed by atoms with E-state index in [9.17, 15) is 8.42 Å². The van der Waals surface area contributed by atoms with E-state index in [1.54, 1.807) is 12.4 Å². The van der Waals surface area contributed by atoms with Crippen LogP contribution < -0.4 is 4.74 Å². The number of nitrogens with zero attached hydrogens (tertiary/aromatic N) is 2. The van der Waals surface area contributed by atoms with E-state index in [4.69, 9.17) is 4.74 Å². The third-order valence-corrected chi connectivity index (χ3v) is 8.34. The summed E-state index contributed by atoms with van der Waals surface area (Å²) in [6.45, 7) is 0. The quantitative estimate of drug-likeness (QED) is 0.837. The number of ether oxygens (including phenoxy) is 1. The molecular formula is C18H26N2O3S. The number of fused-ring (bicyclic) bond motifs is 2. The van der Waals surface area contributed by atoms with Gasteiger partial charge in [0.1, 0.15) is 11.9 Å². The van der Waals surface area contributed by atoms with Gasteiger partial charge in [0.2, 0.25) is 10.0 Å². The van der Waals surface area contributed by atoms with Crippen molar-refractivity contribution in [3.63, 3.8) is 0 Å². The van der Waals surface area contributed by atoms with Gasteiger partial charge in [-0.2, -0.15) is 4.31 Å². The maximum atomic E-state index is 13.1. The van der Waals surface area contributed by atoms with Crippen LogP contribution in [0.1, 0.15) is 57.8 Å². The van der Waals surface area contributed by atoms with Gasteiger partial charge >= 0.3 is 0 Å². The second kappa shape index (κ2) is 6.64. The van der Waals surface area contributed by atoms with Gasteiger partial charge in [-0.25, -0.2) is 8.42 Å². The lowest BCUT2D eigenvalue weighted by molar-refractivity contribution is 0.0947. The standard InChI is InChI=1S/C18H26N2O3S/c21-24(22,18-4-2-1-3-5-18)20-14-6-7-15(20)13-17(12-14)23-16-8-10-19-11-9-16/h8-11,14-15,17-18H,1-7,12-13H2. The minimum absolute atomic E-state index is 0.114. The molecule has 1 aromatic heterocycles. The first-order valence-electron chi connectivity index (χ1n) is 9.23. The average molecular weight is 350 g/mol. The van der Waals surface area contributed by atoms with Crippen molar-refractivity contribution < 1.29 is 13.2 Å². The fraction of sp³-hybridized carbons (Fsp3) is 0.722. The molecule has 5 nitrogen and oxygen atoms in total. The van der Waals surface area contributed by atoms with Crippen LogP contribution in [0, 0.1) is 0 Å². The highest BCUT2D eigenvalue weighted by molar-refractivity contribution is 7.89. The molecule has 1 aromatic rings. The summed E-state index contributed by atoms with van der Waals surface area (Å²) in [6.07, 6.45) is 12.1. The van der Waals surface area contributed by atoms with E-state index in [0.29, 0.717) is 0 Å². The number of aromatic nitrogens is 1. The van der Waals surface area contributed by atoms with Crippen LogP contribution in [0.5, 0.6) is 5.75 Å².